The fraction of sp³-hybridized carbons (Fsp3) is 0.707. The Hall–Kier alpha value is -9.45. The van der Waals surface area contributed by atoms with E-state index in [2.05, 4.69) is 53.2 Å². The molecule has 3 rings (SSSR count). The summed E-state index contributed by atoms with van der Waals surface area (Å²) in [6.07, 6.45) is -10.1. The zero-order chi connectivity index (χ0) is 90.7. The lowest BCUT2D eigenvalue weighted by Crippen LogP contribution is -2.72. The summed E-state index contributed by atoms with van der Waals surface area (Å²) in [5.41, 5.74) is 6.15. The second-order valence-electron chi connectivity index (χ2n) is 31.2. The summed E-state index contributed by atoms with van der Waals surface area (Å²) in [6.45, 7) is 23.3. The van der Waals surface area contributed by atoms with E-state index < -0.39 is 245 Å². The Bertz CT molecular complexity index is 3740. The molecule has 1 aromatic rings. The van der Waals surface area contributed by atoms with Crippen LogP contribution in [-0.2, 0) is 78.3 Å². The van der Waals surface area contributed by atoms with Gasteiger partial charge in [0.1, 0.15) is 84.3 Å². The standard InChI is InChI=1S/C75H111F13N14O16/c1-18-38(14)52(64(112)100-55-41(17)118-68(116)51(37(12)13)96-56(104)43(20-3)90-58(106)45(32-42-26-22-21-23-27-42)92-60(108)47(33(4)5)93-63(111)53(39(15)19-2)98-66(55)114)97-57(105)44(28-24-30-89)91-59(107)46-29-25-31-102(46)67(115)50(36(10)11)95-61(109)48(34(6)7)94-65(113)54(40(16)103)99-62(110)49(35(8)9)101-69(117)70(76,77)71(78,79)72(80,81)73(82,83)74(84,85)75(86,87)88/h20-23,26-27,33-41,44-55,103H,18-19,24-25,28-32,89H2,1-17H3,(H,90,106)(H,91,107)(H,92,108)(H,93,111)(H,94,113)(H,95,109)(H,96,104)(H,97,105)(H,98,114)(H,99,110)(H,100,112)(H,101,117)/b43-20-/t38-,39-,40+,41+,44-,45-,46+,47+,48-,49+,50+,51-,52+,53+,54-,55+/m0/s1. The number of nitrogens with zero attached hydrogens (tertiary/aromatic N) is 1. The van der Waals surface area contributed by atoms with Gasteiger partial charge in [-0.15, -0.1) is 0 Å². The Kier molecular flexibility index (Phi) is 37.4. The molecule has 0 saturated carbocycles. The summed E-state index contributed by atoms with van der Waals surface area (Å²) in [6, 6.07) is -12.1. The minimum Gasteiger partial charge on any atom is -0.458 e. The molecule has 0 aliphatic carbocycles. The molecule has 2 aliphatic heterocycles. The maximum absolute atomic E-state index is 15.0. The highest BCUT2D eigenvalue weighted by Crippen LogP contribution is 2.60. The van der Waals surface area contributed by atoms with Crippen LogP contribution in [0.15, 0.2) is 42.1 Å². The van der Waals surface area contributed by atoms with E-state index in [1.807, 2.05) is 0 Å². The summed E-state index contributed by atoms with van der Waals surface area (Å²) in [5.74, 6) is -64.9. The number of hydrogen-bond acceptors (Lipinski definition) is 17. The van der Waals surface area contributed by atoms with Crippen LogP contribution in [0.2, 0.25) is 0 Å². The molecule has 1 aromatic carbocycles. The molecule has 2 aliphatic rings. The lowest BCUT2D eigenvalue weighted by molar-refractivity contribution is -0.436. The average molecular weight is 1710 g/mol. The first kappa shape index (κ1) is 103. The van der Waals surface area contributed by atoms with Crippen LogP contribution in [0.3, 0.4) is 0 Å². The van der Waals surface area contributed by atoms with Gasteiger partial charge in [0.25, 0.3) is 11.8 Å². The van der Waals surface area contributed by atoms with Crippen LogP contribution in [0.25, 0.3) is 0 Å². The van der Waals surface area contributed by atoms with Gasteiger partial charge in [-0.1, -0.05) is 146 Å². The number of carbonyl (C=O) groups excluding carboxylic acids is 14. The first-order valence-electron chi connectivity index (χ1n) is 38.5. The zero-order valence-electron chi connectivity index (χ0n) is 68.5. The summed E-state index contributed by atoms with van der Waals surface area (Å²) in [7, 11) is 0. The second kappa shape index (κ2) is 43.0. The monoisotopic (exact) mass is 1710 g/mol. The van der Waals surface area contributed by atoms with Crippen molar-refractivity contribution in [3.05, 3.63) is 47.7 Å². The van der Waals surface area contributed by atoms with Gasteiger partial charge in [0.15, 0.2) is 0 Å². The number of nitrogens with two attached hydrogens (primary N) is 1. The minimum atomic E-state index is -8.37. The molecule has 0 aromatic heterocycles. The molecule has 0 spiro atoms. The van der Waals surface area contributed by atoms with Crippen molar-refractivity contribution in [1.82, 2.24) is 68.7 Å². The quantitative estimate of drug-likeness (QED) is 0.0265. The number of carbonyl (C=O) groups is 14. The highest BCUT2D eigenvalue weighted by molar-refractivity contribution is 6.03. The number of benzene rings is 1. The lowest BCUT2D eigenvalue weighted by Gasteiger charge is -2.39. The van der Waals surface area contributed by atoms with Gasteiger partial charge in [-0.05, 0) is 100.0 Å². The zero-order valence-corrected chi connectivity index (χ0v) is 68.5. The maximum atomic E-state index is 15.0. The number of aliphatic hydroxyl groups excluding tert-OH is 1. The molecule has 2 saturated heterocycles. The Balaban J connectivity index is 2.00. The van der Waals surface area contributed by atoms with Gasteiger partial charge in [0.05, 0.1) is 6.10 Å². The lowest BCUT2D eigenvalue weighted by atomic mass is 9.93. The molecule has 0 radical (unpaired) electrons. The van der Waals surface area contributed by atoms with Crippen molar-refractivity contribution in [1.29, 1.82) is 0 Å². The highest BCUT2D eigenvalue weighted by atomic mass is 19.4. The van der Waals surface area contributed by atoms with Crippen LogP contribution in [-0.4, -0.2) is 226 Å². The Morgan fingerprint density at radius 2 is 1.07 bits per heavy atom. The molecule has 0 bridgehead atoms. The van der Waals surface area contributed by atoms with E-state index in [1.165, 1.54) is 47.6 Å². The van der Waals surface area contributed by atoms with Gasteiger partial charge in [-0.2, -0.15) is 57.1 Å². The predicted octanol–water partition coefficient (Wildman–Crippen LogP) is 3.75. The number of alkyl halides is 13. The molecule has 13 amide bonds. The van der Waals surface area contributed by atoms with E-state index >= 15 is 9.59 Å². The number of nitrogens with one attached hydrogen (secondary N) is 12. The Morgan fingerprint density at radius 3 is 1.56 bits per heavy atom. The number of esters is 1. The van der Waals surface area contributed by atoms with Gasteiger partial charge in [0.2, 0.25) is 65.0 Å². The summed E-state index contributed by atoms with van der Waals surface area (Å²) >= 11 is 0. The largest absolute Gasteiger partial charge is 0.460 e. The van der Waals surface area contributed by atoms with Gasteiger partial charge in [0, 0.05) is 13.0 Å². The normalized spacial score (nSPS) is 22.3. The van der Waals surface area contributed by atoms with Gasteiger partial charge in [-0.25, -0.2) is 4.79 Å². The highest BCUT2D eigenvalue weighted by Gasteiger charge is 2.92. The molecule has 16 atom stereocenters. The third-order valence-electron chi connectivity index (χ3n) is 20.3. The number of allylic oxidation sites excluding steroid dienone is 1. The van der Waals surface area contributed by atoms with Crippen molar-refractivity contribution >= 4 is 82.8 Å². The maximum Gasteiger partial charge on any atom is 0.460 e. The summed E-state index contributed by atoms with van der Waals surface area (Å²) in [4.78, 5) is 201. The van der Waals surface area contributed by atoms with E-state index in [-0.39, 0.29) is 63.7 Å². The van der Waals surface area contributed by atoms with Crippen LogP contribution in [0.1, 0.15) is 162 Å². The molecule has 118 heavy (non-hydrogen) atoms. The van der Waals surface area contributed by atoms with Gasteiger partial charge >= 0.3 is 41.8 Å². The van der Waals surface area contributed by atoms with Gasteiger partial charge in [-0.3, -0.25) is 62.3 Å². The molecular weight excluding hydrogens is 1600 g/mol. The molecular formula is C75H111F13N14O16. The van der Waals surface area contributed by atoms with Crippen molar-refractivity contribution in [3.8, 4) is 0 Å². The molecule has 2 fully saturated rings. The van der Waals surface area contributed by atoms with E-state index in [1.54, 1.807) is 91.0 Å². The topological polar surface area (TPSA) is 442 Å². The number of hydrogen-bond donors (Lipinski definition) is 14. The first-order chi connectivity index (χ1) is 54.3. The SMILES string of the molecule is C/C=C1\NC(=O)[C@H](Cc2ccccc2)NC(=O)[C@@H](C(C)C)NC(=O)[C@@H]([C@@H](C)CC)NC(=O)[C@H](NC(=O)[C@H](NC(=O)[C@H](CCCN)NC(=O)[C@H]2CCCN2C(=O)[C@H](NC(=O)[C@@H](NC(=O)[C@@H](NC(=O)[C@H](NC(=O)C(F)(F)C(F)(F)C(F)(F)C(F)(F)C(F)(F)C(F)(F)F)C(C)C)[C@@H](C)O)C(C)C)C(C)C)[C@@H](C)CC)[C@@H](C)OC(=O)[C@H](C(C)C)NC1=O. The average Bonchev–Trinajstić information content (AvgIpc) is 0.735. The molecule has 43 heteroatoms. The van der Waals surface area contributed by atoms with Crippen LogP contribution < -0.4 is 69.5 Å². The summed E-state index contributed by atoms with van der Waals surface area (Å²) < 4.78 is 187. The number of amides is 13. The van der Waals surface area contributed by atoms with E-state index in [0.29, 0.717) is 5.56 Å². The number of cyclic esters (lactones) is 1. The van der Waals surface area contributed by atoms with Crippen molar-refractivity contribution in [2.45, 2.75) is 283 Å². The molecule has 0 unspecified atom stereocenters. The second-order valence-corrected chi connectivity index (χ2v) is 31.2. The van der Waals surface area contributed by atoms with Crippen molar-refractivity contribution in [2.75, 3.05) is 13.1 Å². The first-order valence-corrected chi connectivity index (χ1v) is 38.5. The molecule has 30 nitrogen and oxygen atoms in total. The van der Waals surface area contributed by atoms with Crippen molar-refractivity contribution in [2.24, 2.45) is 47.2 Å². The third kappa shape index (κ3) is 25.1. The fourth-order valence-corrected chi connectivity index (χ4v) is 12.4. The molecule has 2 heterocycles. The smallest absolute Gasteiger partial charge is 0.458 e. The van der Waals surface area contributed by atoms with Crippen LogP contribution in [0.4, 0.5) is 57.1 Å². The predicted molar refractivity (Wildman–Crippen MR) is 397 cm³/mol. The van der Waals surface area contributed by atoms with Crippen molar-refractivity contribution < 1.29 is 134 Å². The number of likely N-dealkylation sites (tertiary alicyclic amines) is 1. The number of halogens is 13. The third-order valence-corrected chi connectivity index (χ3v) is 20.3. The van der Waals surface area contributed by atoms with E-state index in [0.717, 1.165) is 31.0 Å². The van der Waals surface area contributed by atoms with Crippen LogP contribution >= 0.6 is 0 Å². The number of aliphatic hydroxyl groups is 1. The van der Waals surface area contributed by atoms with Gasteiger partial charge < -0.3 is 84.3 Å². The minimum absolute atomic E-state index is 0.0527. The molecule has 15 N–H and O–H groups in total. The van der Waals surface area contributed by atoms with Crippen LogP contribution in [0, 0.1) is 41.4 Å². The Morgan fingerprint density at radius 1 is 0.576 bits per heavy atom. The number of ether oxygens (including phenoxy) is 1. The fourth-order valence-electron chi connectivity index (χ4n) is 12.4. The Labute approximate surface area is 674 Å². The number of rotatable bonds is 34. The van der Waals surface area contributed by atoms with E-state index in [9.17, 15) is 120 Å². The summed E-state index contributed by atoms with van der Waals surface area (Å²) in [5, 5.41) is 38.8. The van der Waals surface area contributed by atoms with Crippen LogP contribution in [0.5, 0.6) is 0 Å². The van der Waals surface area contributed by atoms with Crippen molar-refractivity contribution in [3.63, 3.8) is 0 Å². The van der Waals surface area contributed by atoms with E-state index in [4.69, 9.17) is 10.5 Å². The molecule has 668 valence electrons.